The summed E-state index contributed by atoms with van der Waals surface area (Å²) in [5.74, 6) is -0.219. The van der Waals surface area contributed by atoms with Crippen molar-refractivity contribution in [2.45, 2.75) is 31.2 Å². The summed E-state index contributed by atoms with van der Waals surface area (Å²) in [5, 5.41) is 1.30. The standard InChI is InChI=1S/C23H25ClN2O3S/c1-17-10-12-25(13-11-17)23(27)16-30(28,29)22-15-26(21-5-3-2-4-20(21)22)14-18-6-8-19(24)9-7-18/h2-9,15,17H,10-14,16H2,1H3. The molecule has 0 aliphatic carbocycles. The van der Waals surface area contributed by atoms with Crippen LogP contribution < -0.4 is 0 Å². The molecular weight excluding hydrogens is 420 g/mol. The maximum Gasteiger partial charge on any atom is 0.238 e. The van der Waals surface area contributed by atoms with Crippen molar-refractivity contribution in [3.8, 4) is 0 Å². The predicted octanol–water partition coefficient (Wildman–Crippen LogP) is 4.38. The normalized spacial score (nSPS) is 15.6. The second-order valence-electron chi connectivity index (χ2n) is 8.09. The minimum atomic E-state index is -3.76. The number of para-hydroxylation sites is 1. The SMILES string of the molecule is CC1CCN(C(=O)CS(=O)(=O)c2cn(Cc3ccc(Cl)cc3)c3ccccc23)CC1. The van der Waals surface area contributed by atoms with Gasteiger partial charge in [0.2, 0.25) is 5.91 Å². The first-order chi connectivity index (χ1) is 14.3. The molecule has 0 saturated carbocycles. The molecule has 1 aliphatic heterocycles. The number of hydrogen-bond acceptors (Lipinski definition) is 3. The molecule has 0 bridgehead atoms. The number of carbonyl (C=O) groups is 1. The van der Waals surface area contributed by atoms with Gasteiger partial charge >= 0.3 is 0 Å². The summed E-state index contributed by atoms with van der Waals surface area (Å²) < 4.78 is 28.3. The van der Waals surface area contributed by atoms with E-state index in [0.29, 0.717) is 36.0 Å². The summed E-state index contributed by atoms with van der Waals surface area (Å²) >= 11 is 5.97. The van der Waals surface area contributed by atoms with E-state index in [1.54, 1.807) is 17.2 Å². The number of hydrogen-bond donors (Lipinski definition) is 0. The number of benzene rings is 2. The highest BCUT2D eigenvalue weighted by atomic mass is 35.5. The van der Waals surface area contributed by atoms with Gasteiger partial charge in [0.15, 0.2) is 9.84 Å². The van der Waals surface area contributed by atoms with Crippen LogP contribution in [0.15, 0.2) is 59.6 Å². The van der Waals surface area contributed by atoms with Crippen LogP contribution in [0.25, 0.3) is 10.9 Å². The highest BCUT2D eigenvalue weighted by Crippen LogP contribution is 2.28. The maximum absolute atomic E-state index is 13.2. The third-order valence-corrected chi connectivity index (χ3v) is 7.68. The second kappa shape index (κ2) is 8.44. The minimum Gasteiger partial charge on any atom is -0.342 e. The lowest BCUT2D eigenvalue weighted by molar-refractivity contribution is -0.129. The monoisotopic (exact) mass is 444 g/mol. The Labute approximate surface area is 182 Å². The number of halogens is 1. The zero-order valence-electron chi connectivity index (χ0n) is 16.9. The molecule has 2 aromatic carbocycles. The van der Waals surface area contributed by atoms with Crippen molar-refractivity contribution in [1.29, 1.82) is 0 Å². The van der Waals surface area contributed by atoms with E-state index in [0.717, 1.165) is 23.9 Å². The summed E-state index contributed by atoms with van der Waals surface area (Å²) in [6.45, 7) is 3.95. The molecule has 4 rings (SSSR count). The fraction of sp³-hybridized carbons (Fsp3) is 0.348. The van der Waals surface area contributed by atoms with Gasteiger partial charge in [-0.1, -0.05) is 48.9 Å². The van der Waals surface area contributed by atoms with Gasteiger partial charge in [-0.25, -0.2) is 8.42 Å². The third kappa shape index (κ3) is 4.40. The molecule has 7 heteroatoms. The Morgan fingerprint density at radius 2 is 1.73 bits per heavy atom. The van der Waals surface area contributed by atoms with Gasteiger partial charge in [-0.3, -0.25) is 4.79 Å². The minimum absolute atomic E-state index is 0.214. The van der Waals surface area contributed by atoms with Gasteiger partial charge in [0, 0.05) is 41.8 Å². The predicted molar refractivity (Wildman–Crippen MR) is 120 cm³/mol. The van der Waals surface area contributed by atoms with Crippen LogP contribution in [0.3, 0.4) is 0 Å². The molecule has 1 saturated heterocycles. The molecule has 1 aliphatic rings. The largest absolute Gasteiger partial charge is 0.342 e. The summed E-state index contributed by atoms with van der Waals surface area (Å²) in [6, 6.07) is 14.9. The molecule has 0 N–H and O–H groups in total. The Morgan fingerprint density at radius 1 is 1.07 bits per heavy atom. The van der Waals surface area contributed by atoms with Crippen molar-refractivity contribution in [3.05, 3.63) is 65.3 Å². The van der Waals surface area contributed by atoms with E-state index in [2.05, 4.69) is 6.92 Å². The van der Waals surface area contributed by atoms with Crippen molar-refractivity contribution >= 4 is 38.2 Å². The number of rotatable bonds is 5. The molecule has 1 aromatic heterocycles. The average Bonchev–Trinajstić information content (AvgIpc) is 3.09. The van der Waals surface area contributed by atoms with Crippen LogP contribution in [0.2, 0.25) is 5.02 Å². The summed E-state index contributed by atoms with van der Waals surface area (Å²) in [4.78, 5) is 14.6. The van der Waals surface area contributed by atoms with Crippen LogP contribution >= 0.6 is 11.6 Å². The topological polar surface area (TPSA) is 59.4 Å². The Bertz CT molecular complexity index is 1160. The van der Waals surface area contributed by atoms with Crippen molar-refractivity contribution in [1.82, 2.24) is 9.47 Å². The maximum atomic E-state index is 13.2. The number of sulfone groups is 1. The van der Waals surface area contributed by atoms with Crippen molar-refractivity contribution in [2.24, 2.45) is 5.92 Å². The first kappa shape index (κ1) is 20.9. The third-order valence-electron chi connectivity index (χ3n) is 5.80. The van der Waals surface area contributed by atoms with Gasteiger partial charge < -0.3 is 9.47 Å². The smallest absolute Gasteiger partial charge is 0.238 e. The number of piperidine rings is 1. The van der Waals surface area contributed by atoms with E-state index in [9.17, 15) is 13.2 Å². The van der Waals surface area contributed by atoms with Crippen LogP contribution in [0.4, 0.5) is 0 Å². The van der Waals surface area contributed by atoms with Gasteiger partial charge in [0.25, 0.3) is 0 Å². The Balaban J connectivity index is 1.63. The molecule has 1 fully saturated rings. The van der Waals surface area contributed by atoms with Gasteiger partial charge in [0.05, 0.1) is 4.90 Å². The molecule has 3 aromatic rings. The van der Waals surface area contributed by atoms with Crippen molar-refractivity contribution in [3.63, 3.8) is 0 Å². The van der Waals surface area contributed by atoms with Gasteiger partial charge in [-0.15, -0.1) is 0 Å². The number of nitrogens with zero attached hydrogens (tertiary/aromatic N) is 2. The van der Waals surface area contributed by atoms with Gasteiger partial charge in [0.1, 0.15) is 5.75 Å². The molecule has 1 amide bonds. The van der Waals surface area contributed by atoms with Crippen LogP contribution in [0.1, 0.15) is 25.3 Å². The fourth-order valence-corrected chi connectivity index (χ4v) is 5.55. The number of aromatic nitrogens is 1. The quantitative estimate of drug-likeness (QED) is 0.586. The Hall–Kier alpha value is -2.31. The molecule has 2 heterocycles. The van der Waals surface area contributed by atoms with E-state index in [1.165, 1.54) is 0 Å². The molecule has 30 heavy (non-hydrogen) atoms. The number of carbonyl (C=O) groups excluding carboxylic acids is 1. The Morgan fingerprint density at radius 3 is 2.43 bits per heavy atom. The van der Waals surface area contributed by atoms with Crippen LogP contribution in [0, 0.1) is 5.92 Å². The summed E-state index contributed by atoms with van der Waals surface area (Å²) in [5.41, 5.74) is 1.84. The molecule has 158 valence electrons. The molecular formula is C23H25ClN2O3S. The average molecular weight is 445 g/mol. The van der Waals surface area contributed by atoms with Crippen LogP contribution in [-0.4, -0.2) is 42.6 Å². The van der Waals surface area contributed by atoms with E-state index in [4.69, 9.17) is 11.6 Å². The highest BCUT2D eigenvalue weighted by molar-refractivity contribution is 7.92. The lowest BCUT2D eigenvalue weighted by atomic mass is 9.99. The summed E-state index contributed by atoms with van der Waals surface area (Å²) in [7, 11) is -3.76. The molecule has 0 atom stereocenters. The zero-order chi connectivity index (χ0) is 21.3. The van der Waals surface area contributed by atoms with E-state index < -0.39 is 15.6 Å². The number of likely N-dealkylation sites (tertiary alicyclic amines) is 1. The van der Waals surface area contributed by atoms with Crippen LogP contribution in [0.5, 0.6) is 0 Å². The van der Waals surface area contributed by atoms with Crippen LogP contribution in [-0.2, 0) is 21.2 Å². The number of amides is 1. The number of fused-ring (bicyclic) bond motifs is 1. The molecule has 0 radical (unpaired) electrons. The fourth-order valence-electron chi connectivity index (χ4n) is 3.97. The first-order valence-corrected chi connectivity index (χ1v) is 12.2. The first-order valence-electron chi connectivity index (χ1n) is 10.2. The van der Waals surface area contributed by atoms with Gasteiger partial charge in [-0.05, 0) is 42.5 Å². The molecule has 0 spiro atoms. The molecule has 5 nitrogen and oxygen atoms in total. The van der Waals surface area contributed by atoms with E-state index in [-0.39, 0.29) is 10.8 Å². The highest BCUT2D eigenvalue weighted by Gasteiger charge is 2.28. The van der Waals surface area contributed by atoms with E-state index >= 15 is 0 Å². The van der Waals surface area contributed by atoms with Crippen molar-refractivity contribution in [2.75, 3.05) is 18.8 Å². The van der Waals surface area contributed by atoms with Crippen molar-refractivity contribution < 1.29 is 13.2 Å². The zero-order valence-corrected chi connectivity index (χ0v) is 18.5. The molecule has 0 unspecified atom stereocenters. The summed E-state index contributed by atoms with van der Waals surface area (Å²) in [6.07, 6.45) is 3.50. The lowest BCUT2D eigenvalue weighted by Gasteiger charge is -2.30. The second-order valence-corrected chi connectivity index (χ2v) is 10.5. The Kier molecular flexibility index (Phi) is 5.89. The van der Waals surface area contributed by atoms with E-state index in [1.807, 2.05) is 47.0 Å². The lowest BCUT2D eigenvalue weighted by Crippen LogP contribution is -2.41. The van der Waals surface area contributed by atoms with Gasteiger partial charge in [-0.2, -0.15) is 0 Å².